The fraction of sp³-hybridized carbons (Fsp3) is 0.263. The van der Waals surface area contributed by atoms with Gasteiger partial charge in [-0.25, -0.2) is 0 Å². The largest absolute Gasteiger partial charge is 0.449 e. The Morgan fingerprint density at radius 2 is 2.00 bits per heavy atom. The Morgan fingerprint density at radius 1 is 1.21 bits per heavy atom. The van der Waals surface area contributed by atoms with Crippen molar-refractivity contribution in [3.8, 4) is 5.75 Å². The van der Waals surface area contributed by atoms with Crippen molar-refractivity contribution in [2.45, 2.75) is 26.2 Å². The van der Waals surface area contributed by atoms with Crippen LogP contribution in [0.3, 0.4) is 0 Å². The maximum absolute atomic E-state index is 12.9. The number of anilines is 2. The molecule has 1 aromatic carbocycles. The average molecular weight is 323 g/mol. The van der Waals surface area contributed by atoms with Crippen molar-refractivity contribution in [3.05, 3.63) is 54.0 Å². The number of fused-ring (bicyclic) bond motifs is 1. The molecule has 2 heterocycles. The number of nitrogens with zero attached hydrogens (tertiary/aromatic N) is 2. The van der Waals surface area contributed by atoms with Gasteiger partial charge < -0.3 is 15.4 Å². The number of carbonyl (C=O) groups excluding carboxylic acids is 1. The van der Waals surface area contributed by atoms with E-state index in [9.17, 15) is 4.79 Å². The molecule has 3 rings (SSSR count). The molecule has 1 aliphatic heterocycles. The van der Waals surface area contributed by atoms with Gasteiger partial charge >= 0.3 is 0 Å². The number of pyridine rings is 1. The summed E-state index contributed by atoms with van der Waals surface area (Å²) in [6.45, 7) is 2.79. The summed E-state index contributed by atoms with van der Waals surface area (Å²) in [6.07, 6.45) is 8.24. The molecule has 2 N–H and O–H groups in total. The molecule has 0 atom stereocenters. The predicted molar refractivity (Wildman–Crippen MR) is 95.6 cm³/mol. The van der Waals surface area contributed by atoms with Gasteiger partial charge in [0.05, 0.1) is 5.69 Å². The fourth-order valence-corrected chi connectivity index (χ4v) is 2.68. The monoisotopic (exact) mass is 323 g/mol. The Bertz CT molecular complexity index is 756. The van der Waals surface area contributed by atoms with E-state index in [-0.39, 0.29) is 5.91 Å². The number of ether oxygens (including phenoxy) is 1. The molecule has 0 fully saturated rings. The van der Waals surface area contributed by atoms with Gasteiger partial charge in [-0.2, -0.15) is 0 Å². The van der Waals surface area contributed by atoms with Crippen LogP contribution < -0.4 is 15.4 Å². The summed E-state index contributed by atoms with van der Waals surface area (Å²) in [5.74, 6) is 0.830. The summed E-state index contributed by atoms with van der Waals surface area (Å²) in [5.41, 5.74) is 8.12. The molecule has 0 bridgehead atoms. The Morgan fingerprint density at radius 3 is 2.75 bits per heavy atom. The van der Waals surface area contributed by atoms with Gasteiger partial charge in [0.15, 0.2) is 11.5 Å². The van der Waals surface area contributed by atoms with Gasteiger partial charge in [-0.05, 0) is 48.4 Å². The third-order valence-electron chi connectivity index (χ3n) is 3.94. The number of nitrogens with two attached hydrogens (primary N) is 1. The summed E-state index contributed by atoms with van der Waals surface area (Å²) in [7, 11) is 0. The highest BCUT2D eigenvalue weighted by Crippen LogP contribution is 2.37. The molecule has 0 spiro atoms. The summed E-state index contributed by atoms with van der Waals surface area (Å²) in [6, 6.07) is 9.06. The minimum Gasteiger partial charge on any atom is -0.449 e. The van der Waals surface area contributed by atoms with E-state index in [1.54, 1.807) is 35.5 Å². The Balaban J connectivity index is 1.96. The molecule has 1 aliphatic rings. The molecule has 124 valence electrons. The molecule has 0 unspecified atom stereocenters. The van der Waals surface area contributed by atoms with Gasteiger partial charge in [0.25, 0.3) is 5.91 Å². The summed E-state index contributed by atoms with van der Waals surface area (Å²) in [4.78, 5) is 18.6. The number of aromatic nitrogens is 1. The SMILES string of the molecule is CCCCCN1C(=O)/C(=C\c2ccncc2)Oc2ccc(N)cc21. The molecular weight excluding hydrogens is 302 g/mol. The third-order valence-corrected chi connectivity index (χ3v) is 3.94. The van der Waals surface area contributed by atoms with Gasteiger partial charge in [-0.3, -0.25) is 9.78 Å². The molecular formula is C19H21N3O2. The number of benzene rings is 1. The first-order valence-electron chi connectivity index (χ1n) is 8.20. The van der Waals surface area contributed by atoms with Crippen molar-refractivity contribution >= 4 is 23.4 Å². The van der Waals surface area contributed by atoms with Gasteiger partial charge in [0.2, 0.25) is 0 Å². The topological polar surface area (TPSA) is 68.5 Å². The van der Waals surface area contributed by atoms with E-state index >= 15 is 0 Å². The molecule has 1 amide bonds. The number of amides is 1. The van der Waals surface area contributed by atoms with Crippen LogP contribution in [0.4, 0.5) is 11.4 Å². The Kier molecular flexibility index (Phi) is 4.79. The quantitative estimate of drug-likeness (QED) is 0.518. The fourth-order valence-electron chi connectivity index (χ4n) is 2.68. The van der Waals surface area contributed by atoms with Gasteiger partial charge in [-0.15, -0.1) is 0 Å². The number of hydrogen-bond acceptors (Lipinski definition) is 4. The molecule has 0 radical (unpaired) electrons. The normalized spacial score (nSPS) is 15.3. The van der Waals surface area contributed by atoms with E-state index in [1.165, 1.54) is 0 Å². The zero-order valence-electron chi connectivity index (χ0n) is 13.7. The van der Waals surface area contributed by atoms with Crippen LogP contribution in [0.1, 0.15) is 31.7 Å². The average Bonchev–Trinajstić information content (AvgIpc) is 2.59. The van der Waals surface area contributed by atoms with Crippen LogP contribution in [-0.2, 0) is 4.79 Å². The van der Waals surface area contributed by atoms with Crippen molar-refractivity contribution in [2.24, 2.45) is 0 Å². The highest BCUT2D eigenvalue weighted by atomic mass is 16.5. The predicted octanol–water partition coefficient (Wildman–Crippen LogP) is 3.62. The van der Waals surface area contributed by atoms with E-state index < -0.39 is 0 Å². The maximum atomic E-state index is 12.9. The number of rotatable bonds is 5. The molecule has 1 aromatic heterocycles. The second-order valence-electron chi connectivity index (χ2n) is 5.78. The van der Waals surface area contributed by atoms with Crippen LogP contribution in [0.5, 0.6) is 5.75 Å². The smallest absolute Gasteiger partial charge is 0.294 e. The lowest BCUT2D eigenvalue weighted by Gasteiger charge is -2.30. The van der Waals surface area contributed by atoms with Gasteiger partial charge in [0, 0.05) is 24.6 Å². The second-order valence-corrected chi connectivity index (χ2v) is 5.78. The minimum atomic E-state index is -0.138. The van der Waals surface area contributed by atoms with Crippen LogP contribution in [0, 0.1) is 0 Å². The van der Waals surface area contributed by atoms with Crippen molar-refractivity contribution in [1.29, 1.82) is 0 Å². The third kappa shape index (κ3) is 3.40. The number of carbonyl (C=O) groups is 1. The molecule has 0 saturated carbocycles. The highest BCUT2D eigenvalue weighted by molar-refractivity contribution is 6.10. The van der Waals surface area contributed by atoms with Crippen LogP contribution >= 0.6 is 0 Å². The Hall–Kier alpha value is -2.82. The van der Waals surface area contributed by atoms with E-state index in [0.29, 0.717) is 23.7 Å². The van der Waals surface area contributed by atoms with E-state index in [2.05, 4.69) is 11.9 Å². The summed E-state index contributed by atoms with van der Waals surface area (Å²) in [5, 5.41) is 0. The van der Waals surface area contributed by atoms with Gasteiger partial charge in [0.1, 0.15) is 0 Å². The lowest BCUT2D eigenvalue weighted by Crippen LogP contribution is -2.38. The lowest BCUT2D eigenvalue weighted by molar-refractivity contribution is -0.117. The first-order valence-corrected chi connectivity index (χ1v) is 8.20. The first kappa shape index (κ1) is 16.1. The second kappa shape index (κ2) is 7.17. The van der Waals surface area contributed by atoms with Crippen LogP contribution in [0.2, 0.25) is 0 Å². The zero-order valence-corrected chi connectivity index (χ0v) is 13.7. The summed E-state index contributed by atoms with van der Waals surface area (Å²) < 4.78 is 5.83. The highest BCUT2D eigenvalue weighted by Gasteiger charge is 2.30. The molecule has 5 nitrogen and oxygen atoms in total. The molecule has 5 heteroatoms. The summed E-state index contributed by atoms with van der Waals surface area (Å²) >= 11 is 0. The number of hydrogen-bond donors (Lipinski definition) is 1. The Labute approximate surface area is 141 Å². The van der Waals surface area contributed by atoms with Crippen molar-refractivity contribution in [3.63, 3.8) is 0 Å². The lowest BCUT2D eigenvalue weighted by atomic mass is 10.1. The van der Waals surface area contributed by atoms with E-state index in [0.717, 1.165) is 30.5 Å². The zero-order chi connectivity index (χ0) is 16.9. The van der Waals surface area contributed by atoms with Gasteiger partial charge in [-0.1, -0.05) is 19.8 Å². The number of nitrogen functional groups attached to an aromatic ring is 1. The van der Waals surface area contributed by atoms with Crippen molar-refractivity contribution in [1.82, 2.24) is 4.98 Å². The van der Waals surface area contributed by atoms with Crippen molar-refractivity contribution in [2.75, 3.05) is 17.2 Å². The van der Waals surface area contributed by atoms with Crippen LogP contribution in [0.15, 0.2) is 48.5 Å². The molecule has 24 heavy (non-hydrogen) atoms. The first-order chi connectivity index (χ1) is 11.7. The molecule has 0 saturated heterocycles. The van der Waals surface area contributed by atoms with E-state index in [4.69, 9.17) is 10.5 Å². The molecule has 2 aromatic rings. The maximum Gasteiger partial charge on any atom is 0.294 e. The minimum absolute atomic E-state index is 0.138. The standard InChI is InChI=1S/C19H21N3O2/c1-2-3-4-11-22-16-13-15(20)5-6-17(16)24-18(19(22)23)12-14-7-9-21-10-8-14/h5-10,12-13H,2-4,11,20H2,1H3/b18-12+. The van der Waals surface area contributed by atoms with Crippen LogP contribution in [0.25, 0.3) is 6.08 Å². The number of unbranched alkanes of at least 4 members (excludes halogenated alkanes) is 2. The van der Waals surface area contributed by atoms with Crippen molar-refractivity contribution < 1.29 is 9.53 Å². The molecule has 0 aliphatic carbocycles. The van der Waals surface area contributed by atoms with Crippen LogP contribution in [-0.4, -0.2) is 17.4 Å². The van der Waals surface area contributed by atoms with E-state index in [1.807, 2.05) is 18.2 Å².